The van der Waals surface area contributed by atoms with Gasteiger partial charge >= 0.3 is 6.18 Å². The largest absolute Gasteiger partial charge is 0.493 e. The monoisotopic (exact) mass is 434 g/mol. The van der Waals surface area contributed by atoms with Gasteiger partial charge in [-0.2, -0.15) is 18.4 Å². The maximum absolute atomic E-state index is 14.1. The number of hydrogen-bond acceptors (Lipinski definition) is 3. The number of fused-ring (bicyclic) bond motifs is 1. The van der Waals surface area contributed by atoms with Gasteiger partial charge in [-0.15, -0.1) is 0 Å². The van der Waals surface area contributed by atoms with Crippen molar-refractivity contribution < 1.29 is 27.4 Å². The molecule has 0 fully saturated rings. The summed E-state index contributed by atoms with van der Waals surface area (Å²) < 4.78 is 61.4. The molecule has 1 heterocycles. The van der Waals surface area contributed by atoms with Gasteiger partial charge in [-0.3, -0.25) is 0 Å². The second-order valence-electron chi connectivity index (χ2n) is 8.30. The molecule has 8 heteroatoms. The van der Waals surface area contributed by atoms with Crippen LogP contribution in [0.3, 0.4) is 0 Å². The van der Waals surface area contributed by atoms with Crippen molar-refractivity contribution in [3.63, 3.8) is 0 Å². The van der Waals surface area contributed by atoms with Crippen molar-refractivity contribution >= 4 is 10.9 Å². The lowest BCUT2D eigenvalue weighted by molar-refractivity contribution is -0.266. The summed E-state index contributed by atoms with van der Waals surface area (Å²) in [4.78, 5) is 2.86. The number of nitrogens with one attached hydrogen (secondary N) is 1. The molecule has 2 N–H and O–H groups in total. The Bertz CT molecular complexity index is 1140. The van der Waals surface area contributed by atoms with E-state index in [0.29, 0.717) is 16.5 Å². The maximum Gasteiger partial charge on any atom is 0.417 e. The Morgan fingerprint density at radius 1 is 1.13 bits per heavy atom. The Hall–Kier alpha value is -3.05. The molecular weight excluding hydrogens is 412 g/mol. The molecule has 3 rings (SSSR count). The van der Waals surface area contributed by atoms with Crippen LogP contribution >= 0.6 is 0 Å². The van der Waals surface area contributed by atoms with Crippen LogP contribution in [-0.2, 0) is 11.8 Å². The van der Waals surface area contributed by atoms with Crippen molar-refractivity contribution in [3.8, 4) is 11.8 Å². The lowest BCUT2D eigenvalue weighted by atomic mass is 9.73. The Labute approximate surface area is 177 Å². The van der Waals surface area contributed by atoms with Gasteiger partial charge in [0.25, 0.3) is 0 Å². The normalized spacial score (nSPS) is 14.3. The summed E-state index contributed by atoms with van der Waals surface area (Å²) in [6.45, 7) is 3.01. The van der Waals surface area contributed by atoms with Crippen molar-refractivity contribution in [1.82, 2.24) is 4.98 Å². The molecule has 0 radical (unpaired) electrons. The van der Waals surface area contributed by atoms with E-state index in [1.807, 2.05) is 6.07 Å². The number of H-pyrrole nitrogens is 1. The molecule has 1 aromatic heterocycles. The van der Waals surface area contributed by atoms with Gasteiger partial charge in [0.1, 0.15) is 0 Å². The number of alkyl halides is 3. The fraction of sp³-hybridized carbons (Fsp3) is 0.348. The molecule has 4 nitrogen and oxygen atoms in total. The summed E-state index contributed by atoms with van der Waals surface area (Å²) in [6.07, 6.45) is -6.39. The van der Waals surface area contributed by atoms with Crippen LogP contribution < -0.4 is 4.74 Å². The first-order chi connectivity index (χ1) is 14.4. The van der Waals surface area contributed by atoms with Crippen LogP contribution in [0.25, 0.3) is 10.9 Å². The van der Waals surface area contributed by atoms with E-state index in [9.17, 15) is 22.7 Å². The van der Waals surface area contributed by atoms with Gasteiger partial charge in [0.15, 0.2) is 17.2 Å². The molecule has 0 spiro atoms. The summed E-state index contributed by atoms with van der Waals surface area (Å²) in [6, 6.07) is 12.3. The summed E-state index contributed by atoms with van der Waals surface area (Å²) in [5, 5.41) is 20.5. The third-order valence-corrected chi connectivity index (χ3v) is 5.45. The molecule has 0 aliphatic carbocycles. The number of nitriles is 1. The lowest BCUT2D eigenvalue weighted by Crippen LogP contribution is -2.51. The predicted molar refractivity (Wildman–Crippen MR) is 108 cm³/mol. The predicted octanol–water partition coefficient (Wildman–Crippen LogP) is 5.39. The minimum absolute atomic E-state index is 0.147. The first-order valence-corrected chi connectivity index (χ1v) is 9.54. The number of para-hydroxylation sites is 1. The third kappa shape index (κ3) is 4.37. The van der Waals surface area contributed by atoms with Crippen molar-refractivity contribution in [2.75, 3.05) is 7.11 Å². The number of aromatic nitrogens is 1. The van der Waals surface area contributed by atoms with E-state index >= 15 is 0 Å². The minimum Gasteiger partial charge on any atom is -0.493 e. The highest BCUT2D eigenvalue weighted by atomic mass is 19.4. The molecule has 0 bridgehead atoms. The summed E-state index contributed by atoms with van der Waals surface area (Å²) in [5.74, 6) is -0.834. The van der Waals surface area contributed by atoms with Crippen LogP contribution in [0, 0.1) is 17.1 Å². The molecule has 0 unspecified atom stereocenters. The highest BCUT2D eigenvalue weighted by Gasteiger charge is 2.56. The quantitative estimate of drug-likeness (QED) is 0.511. The molecule has 0 amide bonds. The van der Waals surface area contributed by atoms with Crippen LogP contribution in [0.5, 0.6) is 5.75 Å². The van der Waals surface area contributed by atoms with E-state index < -0.39 is 35.9 Å². The average molecular weight is 434 g/mol. The van der Waals surface area contributed by atoms with E-state index in [0.717, 1.165) is 6.07 Å². The van der Waals surface area contributed by atoms with Crippen molar-refractivity contribution in [2.45, 2.75) is 43.9 Å². The lowest BCUT2D eigenvalue weighted by Gasteiger charge is -2.38. The van der Waals surface area contributed by atoms with E-state index in [-0.39, 0.29) is 17.0 Å². The summed E-state index contributed by atoms with van der Waals surface area (Å²) >= 11 is 0. The molecule has 31 heavy (non-hydrogen) atoms. The standard InChI is InChI=1S/C23H22F4N2O2/c1-21(2,17-5-4-6-18(24)20(17)31-3)13-22(30,23(25,26)27)11-16-10-15-8-7-14(12-28)9-19(15)29-16/h4-10,29-30H,11,13H2,1-3H3/t22-/m1/s1. The minimum atomic E-state index is -4.94. The fourth-order valence-corrected chi connectivity index (χ4v) is 4.01. The number of halogens is 4. The molecule has 3 aromatic rings. The van der Waals surface area contributed by atoms with Gasteiger partial charge in [-0.1, -0.05) is 32.0 Å². The number of benzene rings is 2. The van der Waals surface area contributed by atoms with Gasteiger partial charge in [0, 0.05) is 23.2 Å². The SMILES string of the molecule is COc1c(F)cccc1C(C)(C)C[C@](O)(Cc1cc2ccc(C#N)cc2[nH]1)C(F)(F)F. The van der Waals surface area contributed by atoms with E-state index in [1.165, 1.54) is 45.2 Å². The Morgan fingerprint density at radius 2 is 1.84 bits per heavy atom. The van der Waals surface area contributed by atoms with Crippen LogP contribution in [0.1, 0.15) is 37.1 Å². The Morgan fingerprint density at radius 3 is 2.45 bits per heavy atom. The van der Waals surface area contributed by atoms with Crippen LogP contribution in [-0.4, -0.2) is 29.0 Å². The van der Waals surface area contributed by atoms with Crippen LogP contribution in [0.4, 0.5) is 17.6 Å². The third-order valence-electron chi connectivity index (χ3n) is 5.45. The number of hydrogen-bond donors (Lipinski definition) is 2. The molecule has 0 saturated carbocycles. The average Bonchev–Trinajstić information content (AvgIpc) is 3.07. The topological polar surface area (TPSA) is 69.0 Å². The summed E-state index contributed by atoms with van der Waals surface area (Å²) in [7, 11) is 1.24. The van der Waals surface area contributed by atoms with Crippen molar-refractivity contribution in [3.05, 3.63) is 65.1 Å². The van der Waals surface area contributed by atoms with Gasteiger partial charge in [0.2, 0.25) is 0 Å². The summed E-state index contributed by atoms with van der Waals surface area (Å²) in [5.41, 5.74) is -3.08. The van der Waals surface area contributed by atoms with Crippen molar-refractivity contribution in [1.29, 1.82) is 5.26 Å². The zero-order chi connectivity index (χ0) is 23.0. The molecule has 0 aliphatic rings. The van der Waals surface area contributed by atoms with Crippen LogP contribution in [0.2, 0.25) is 0 Å². The van der Waals surface area contributed by atoms with E-state index in [1.54, 1.807) is 12.1 Å². The zero-order valence-electron chi connectivity index (χ0n) is 17.3. The number of methoxy groups -OCH3 is 1. The number of ether oxygens (including phenoxy) is 1. The molecule has 1 atom stereocenters. The van der Waals surface area contributed by atoms with E-state index in [2.05, 4.69) is 4.98 Å². The molecule has 2 aromatic carbocycles. The molecule has 0 aliphatic heterocycles. The molecular formula is C23H22F4N2O2. The van der Waals surface area contributed by atoms with Gasteiger partial charge in [-0.05, 0) is 41.5 Å². The fourth-order valence-electron chi connectivity index (χ4n) is 4.01. The first kappa shape index (κ1) is 22.6. The number of rotatable bonds is 6. The second-order valence-corrected chi connectivity index (χ2v) is 8.30. The van der Waals surface area contributed by atoms with E-state index in [4.69, 9.17) is 10.00 Å². The highest BCUT2D eigenvalue weighted by Crippen LogP contribution is 2.45. The zero-order valence-corrected chi connectivity index (χ0v) is 17.3. The maximum atomic E-state index is 14.1. The Balaban J connectivity index is 2.00. The first-order valence-electron chi connectivity index (χ1n) is 9.54. The molecule has 0 saturated heterocycles. The van der Waals surface area contributed by atoms with Gasteiger partial charge < -0.3 is 14.8 Å². The smallest absolute Gasteiger partial charge is 0.417 e. The number of nitrogens with zero attached hydrogens (tertiary/aromatic N) is 1. The van der Waals surface area contributed by atoms with Gasteiger partial charge in [-0.25, -0.2) is 4.39 Å². The van der Waals surface area contributed by atoms with Gasteiger partial charge in [0.05, 0.1) is 18.7 Å². The molecule has 164 valence electrons. The second kappa shape index (κ2) is 7.89. The number of aliphatic hydroxyl groups is 1. The highest BCUT2D eigenvalue weighted by molar-refractivity contribution is 5.81. The van der Waals surface area contributed by atoms with Crippen LogP contribution in [0.15, 0.2) is 42.5 Å². The van der Waals surface area contributed by atoms with Crippen molar-refractivity contribution in [2.24, 2.45) is 0 Å². The Kier molecular flexibility index (Phi) is 5.76. The number of aromatic amines is 1.